The Bertz CT molecular complexity index is 601. The van der Waals surface area contributed by atoms with Crippen LogP contribution >= 0.6 is 0 Å². The Morgan fingerprint density at radius 1 is 1.12 bits per heavy atom. The Labute approximate surface area is 159 Å². The lowest BCUT2D eigenvalue weighted by atomic mass is 9.77. The maximum absolute atomic E-state index is 12.3. The monoisotopic (exact) mass is 360 g/mol. The number of Topliss-reactive ketones (excluding diaryl/α,β-unsaturated/α-hetero) is 1. The van der Waals surface area contributed by atoms with Gasteiger partial charge >= 0.3 is 5.97 Å². The van der Waals surface area contributed by atoms with Gasteiger partial charge in [0.25, 0.3) is 0 Å². The molecule has 0 aromatic heterocycles. The largest absolute Gasteiger partial charge is 0.497 e. The number of hydrogen-bond donors (Lipinski definition) is 0. The Hall–Kier alpha value is -1.78. The number of ketones is 1. The van der Waals surface area contributed by atoms with Crippen LogP contribution in [0.2, 0.25) is 0 Å². The average Bonchev–Trinajstić information content (AvgIpc) is 2.64. The second kappa shape index (κ2) is 11.0. The van der Waals surface area contributed by atoms with E-state index in [1.54, 1.807) is 15.0 Å². The summed E-state index contributed by atoms with van der Waals surface area (Å²) < 4.78 is 10.1. The number of esters is 1. The third-order valence-corrected chi connectivity index (χ3v) is 5.23. The Morgan fingerprint density at radius 2 is 1.69 bits per heavy atom. The molecule has 1 atom stereocenters. The summed E-state index contributed by atoms with van der Waals surface area (Å²) in [5.41, 5.74) is 3.37. The van der Waals surface area contributed by atoms with Gasteiger partial charge in [-0.05, 0) is 42.8 Å². The zero-order chi connectivity index (χ0) is 19.7. The molecule has 0 radical (unpaired) electrons. The molecular weight excluding hydrogens is 327 g/mol. The highest BCUT2D eigenvalue weighted by Crippen LogP contribution is 2.33. The Balaban J connectivity index is 2.29. The van der Waals surface area contributed by atoms with Gasteiger partial charge in [0.05, 0.1) is 20.1 Å². The third kappa shape index (κ3) is 5.89. The Morgan fingerprint density at radius 3 is 2.27 bits per heavy atom. The molecule has 0 fully saturated rings. The molecule has 0 heterocycles. The summed E-state index contributed by atoms with van der Waals surface area (Å²) in [6, 6.07) is 0. The molecule has 0 amide bonds. The normalized spacial score (nSPS) is 16.2. The fraction of sp³-hybridized carbons (Fsp3) is 0.619. The number of rotatable bonds is 11. The molecule has 1 rings (SSSR count). The van der Waals surface area contributed by atoms with E-state index in [4.69, 9.17) is 9.47 Å². The summed E-state index contributed by atoms with van der Waals surface area (Å²) in [5, 5.41) is 0. The molecule has 1 unspecified atom stereocenters. The van der Waals surface area contributed by atoms with Crippen LogP contribution in [-0.2, 0) is 19.1 Å². The first-order valence-corrected chi connectivity index (χ1v) is 9.61. The molecule has 0 saturated heterocycles. The van der Waals surface area contributed by atoms with Gasteiger partial charge in [0.15, 0.2) is 5.78 Å². The first-order chi connectivity index (χ1) is 12.3. The van der Waals surface area contributed by atoms with Crippen LogP contribution in [0.5, 0.6) is 0 Å². The number of hydrogen-bond acceptors (Lipinski definition) is 4. The molecule has 4 nitrogen and oxygen atoms in total. The van der Waals surface area contributed by atoms with Gasteiger partial charge in [0, 0.05) is 5.57 Å². The van der Waals surface area contributed by atoms with E-state index in [0.29, 0.717) is 11.2 Å². The standard InChI is InChI=1S/C21H33BO4/c1-14(21(24)26-5)12-10-8-6-7-9-11-13-17-15(2)19(23)18(22)20(25-4)16(17)3/h14H,3,6-13,22H2,1-2,4-5H3. The first-order valence-electron chi connectivity index (χ1n) is 9.61. The van der Waals surface area contributed by atoms with Crippen LogP contribution in [-0.4, -0.2) is 33.8 Å². The van der Waals surface area contributed by atoms with Crippen molar-refractivity contribution in [2.45, 2.75) is 65.2 Å². The van der Waals surface area contributed by atoms with E-state index in [1.165, 1.54) is 20.0 Å². The summed E-state index contributed by atoms with van der Waals surface area (Å²) in [6.07, 6.45) is 8.50. The van der Waals surface area contributed by atoms with Crippen LogP contribution in [0.4, 0.5) is 0 Å². The van der Waals surface area contributed by atoms with E-state index in [9.17, 15) is 9.59 Å². The van der Waals surface area contributed by atoms with Crippen molar-refractivity contribution in [2.75, 3.05) is 14.2 Å². The maximum Gasteiger partial charge on any atom is 0.308 e. The van der Waals surface area contributed by atoms with Gasteiger partial charge in [-0.1, -0.05) is 45.6 Å². The average molecular weight is 360 g/mol. The van der Waals surface area contributed by atoms with E-state index >= 15 is 0 Å². The van der Waals surface area contributed by atoms with Crippen molar-refractivity contribution in [1.82, 2.24) is 0 Å². The van der Waals surface area contributed by atoms with Gasteiger partial charge in [0.2, 0.25) is 0 Å². The maximum atomic E-state index is 12.3. The van der Waals surface area contributed by atoms with E-state index in [0.717, 1.165) is 55.2 Å². The van der Waals surface area contributed by atoms with Crippen molar-refractivity contribution < 1.29 is 19.1 Å². The van der Waals surface area contributed by atoms with Crippen LogP contribution in [0.15, 0.2) is 34.5 Å². The van der Waals surface area contributed by atoms with Gasteiger partial charge in [0.1, 0.15) is 13.6 Å². The van der Waals surface area contributed by atoms with Gasteiger partial charge < -0.3 is 9.47 Å². The minimum atomic E-state index is -0.115. The highest BCUT2D eigenvalue weighted by Gasteiger charge is 2.26. The van der Waals surface area contributed by atoms with Crippen molar-refractivity contribution in [2.24, 2.45) is 5.92 Å². The van der Waals surface area contributed by atoms with Gasteiger partial charge in [-0.25, -0.2) is 0 Å². The predicted molar refractivity (Wildman–Crippen MR) is 108 cm³/mol. The van der Waals surface area contributed by atoms with E-state index in [2.05, 4.69) is 6.58 Å². The smallest absolute Gasteiger partial charge is 0.308 e. The van der Waals surface area contributed by atoms with Crippen LogP contribution in [0, 0.1) is 5.92 Å². The highest BCUT2D eigenvalue weighted by molar-refractivity contribution is 6.41. The molecule has 0 N–H and O–H groups in total. The number of methoxy groups -OCH3 is 2. The molecule has 0 aromatic rings. The predicted octanol–water partition coefficient (Wildman–Crippen LogP) is 3.86. The van der Waals surface area contributed by atoms with Crippen LogP contribution in [0.1, 0.15) is 65.2 Å². The van der Waals surface area contributed by atoms with Gasteiger partial charge in [-0.2, -0.15) is 0 Å². The molecule has 0 saturated carbocycles. The summed E-state index contributed by atoms with van der Waals surface area (Å²) in [4.78, 5) is 23.7. The summed E-state index contributed by atoms with van der Waals surface area (Å²) in [5.74, 6) is 0.589. The summed E-state index contributed by atoms with van der Waals surface area (Å²) >= 11 is 0. The van der Waals surface area contributed by atoms with Crippen molar-refractivity contribution in [3.63, 3.8) is 0 Å². The molecule has 1 aliphatic rings. The van der Waals surface area contributed by atoms with Crippen molar-refractivity contribution in [3.05, 3.63) is 34.5 Å². The summed E-state index contributed by atoms with van der Waals surface area (Å²) in [6.45, 7) is 7.94. The second-order valence-electron chi connectivity index (χ2n) is 7.15. The number of allylic oxidation sites excluding steroid dienone is 3. The number of unbranched alkanes of at least 4 members (excludes halogenated alkanes) is 5. The van der Waals surface area contributed by atoms with Crippen molar-refractivity contribution in [3.8, 4) is 0 Å². The fourth-order valence-corrected chi connectivity index (χ4v) is 3.50. The zero-order valence-corrected chi connectivity index (χ0v) is 17.1. The van der Waals surface area contributed by atoms with Crippen LogP contribution in [0.3, 0.4) is 0 Å². The third-order valence-electron chi connectivity index (χ3n) is 5.23. The minimum Gasteiger partial charge on any atom is -0.497 e. The molecule has 0 bridgehead atoms. The first kappa shape index (κ1) is 22.3. The molecule has 1 aliphatic carbocycles. The van der Waals surface area contributed by atoms with Crippen LogP contribution in [0.25, 0.3) is 0 Å². The second-order valence-corrected chi connectivity index (χ2v) is 7.15. The lowest BCUT2D eigenvalue weighted by Crippen LogP contribution is -2.18. The quantitative estimate of drug-likeness (QED) is 0.319. The molecule has 5 heteroatoms. The molecule has 0 aliphatic heterocycles. The topological polar surface area (TPSA) is 52.6 Å². The zero-order valence-electron chi connectivity index (χ0n) is 17.1. The van der Waals surface area contributed by atoms with E-state index in [-0.39, 0.29) is 17.7 Å². The molecule has 0 aromatic carbocycles. The summed E-state index contributed by atoms with van der Waals surface area (Å²) in [7, 11) is 4.83. The number of ether oxygens (including phenoxy) is 2. The van der Waals surface area contributed by atoms with Gasteiger partial charge in [-0.15, -0.1) is 0 Å². The number of carbonyl (C=O) groups is 2. The lowest BCUT2D eigenvalue weighted by molar-refractivity contribution is -0.145. The SMILES string of the molecule is BC1=C(OC)C(=C)C(CCCCCCCCC(C)C(=O)OC)=C(C)C1=O. The van der Waals surface area contributed by atoms with Crippen molar-refractivity contribution >= 4 is 19.6 Å². The minimum absolute atomic E-state index is 0.00347. The molecule has 26 heavy (non-hydrogen) atoms. The highest BCUT2D eigenvalue weighted by atomic mass is 16.5. The Kier molecular flexibility index (Phi) is 9.46. The van der Waals surface area contributed by atoms with Crippen molar-refractivity contribution in [1.29, 1.82) is 0 Å². The molecule has 144 valence electrons. The van der Waals surface area contributed by atoms with E-state index < -0.39 is 0 Å². The van der Waals surface area contributed by atoms with E-state index in [1.807, 2.05) is 13.8 Å². The molecular formula is C21H33BO4. The fourth-order valence-electron chi connectivity index (χ4n) is 3.50. The number of carbonyl (C=O) groups excluding carboxylic acids is 2. The van der Waals surface area contributed by atoms with Gasteiger partial charge in [-0.3, -0.25) is 9.59 Å². The van der Waals surface area contributed by atoms with Crippen LogP contribution < -0.4 is 0 Å². The lowest BCUT2D eigenvalue weighted by Gasteiger charge is -2.23. The molecule has 0 spiro atoms.